The molecule has 4 aromatic rings. The predicted octanol–water partition coefficient (Wildman–Crippen LogP) is 3.42. The number of halogens is 1. The molecule has 0 radical (unpaired) electrons. The first kappa shape index (κ1) is 23.8. The Labute approximate surface area is 205 Å². The summed E-state index contributed by atoms with van der Waals surface area (Å²) >= 11 is 5.93. The molecule has 0 unspecified atom stereocenters. The van der Waals surface area contributed by atoms with Crippen molar-refractivity contribution in [2.75, 3.05) is 26.1 Å². The van der Waals surface area contributed by atoms with Crippen LogP contribution in [0.4, 0.5) is 5.69 Å². The number of carbonyl (C=O) groups is 2. The second-order valence-corrected chi connectivity index (χ2v) is 7.83. The smallest absolute Gasteiger partial charge is 0.279 e. The third-order valence-corrected chi connectivity index (χ3v) is 5.39. The van der Waals surface area contributed by atoms with Crippen LogP contribution < -0.4 is 25.7 Å². The highest BCUT2D eigenvalue weighted by molar-refractivity contribution is 6.30. The highest BCUT2D eigenvalue weighted by Gasteiger charge is 2.20. The van der Waals surface area contributed by atoms with Gasteiger partial charge in [0.2, 0.25) is 5.91 Å². The average molecular weight is 493 g/mol. The van der Waals surface area contributed by atoms with E-state index in [2.05, 4.69) is 15.7 Å². The van der Waals surface area contributed by atoms with E-state index < -0.39 is 17.4 Å². The quantitative estimate of drug-likeness (QED) is 0.409. The lowest BCUT2D eigenvalue weighted by molar-refractivity contribution is -0.115. The first-order valence-electron chi connectivity index (χ1n) is 10.5. The van der Waals surface area contributed by atoms with Crippen LogP contribution >= 0.6 is 11.6 Å². The summed E-state index contributed by atoms with van der Waals surface area (Å²) in [6.45, 7) is -0.313. The van der Waals surface area contributed by atoms with Gasteiger partial charge in [0.25, 0.3) is 11.5 Å². The van der Waals surface area contributed by atoms with Gasteiger partial charge in [0, 0.05) is 22.2 Å². The van der Waals surface area contributed by atoms with Crippen molar-refractivity contribution in [3.63, 3.8) is 0 Å². The van der Waals surface area contributed by atoms with Crippen LogP contribution in [0.2, 0.25) is 5.02 Å². The molecule has 1 heterocycles. The molecule has 0 aliphatic rings. The van der Waals surface area contributed by atoms with E-state index >= 15 is 0 Å². The molecule has 0 fully saturated rings. The SMILES string of the molecule is COc1ccc(-n2nc(C(=O)NCC(=O)Nc3cccc(Cl)c3)c3ccccc3c2=O)c(OC)c1. The minimum absolute atomic E-state index is 0.0198. The Bertz CT molecular complexity index is 1480. The summed E-state index contributed by atoms with van der Waals surface area (Å²) < 4.78 is 11.7. The van der Waals surface area contributed by atoms with Crippen molar-refractivity contribution >= 4 is 39.9 Å². The van der Waals surface area contributed by atoms with Gasteiger partial charge in [-0.3, -0.25) is 14.4 Å². The fraction of sp³-hybridized carbons (Fsp3) is 0.120. The Kier molecular flexibility index (Phi) is 6.98. The van der Waals surface area contributed by atoms with Crippen LogP contribution in [0.1, 0.15) is 10.5 Å². The summed E-state index contributed by atoms with van der Waals surface area (Å²) in [6, 6.07) is 18.2. The number of hydrogen-bond donors (Lipinski definition) is 2. The maximum atomic E-state index is 13.2. The van der Waals surface area contributed by atoms with E-state index in [1.165, 1.54) is 14.2 Å². The van der Waals surface area contributed by atoms with E-state index in [1.807, 2.05) is 0 Å². The summed E-state index contributed by atoms with van der Waals surface area (Å²) in [5, 5.41) is 10.7. The molecule has 0 bridgehead atoms. The van der Waals surface area contributed by atoms with Crippen molar-refractivity contribution < 1.29 is 19.1 Å². The molecular weight excluding hydrogens is 472 g/mol. The van der Waals surface area contributed by atoms with Crippen molar-refractivity contribution in [1.82, 2.24) is 15.1 Å². The number of rotatable bonds is 7. The number of fused-ring (bicyclic) bond motifs is 1. The molecule has 10 heteroatoms. The van der Waals surface area contributed by atoms with Crippen LogP contribution in [0.25, 0.3) is 16.5 Å². The van der Waals surface area contributed by atoms with E-state index in [0.717, 1.165) is 4.68 Å². The van der Waals surface area contributed by atoms with E-state index in [9.17, 15) is 14.4 Å². The van der Waals surface area contributed by atoms with Crippen LogP contribution in [0.5, 0.6) is 11.5 Å². The molecule has 2 N–H and O–H groups in total. The predicted molar refractivity (Wildman–Crippen MR) is 133 cm³/mol. The maximum Gasteiger partial charge on any atom is 0.279 e. The number of hydrogen-bond acceptors (Lipinski definition) is 6. The van der Waals surface area contributed by atoms with Crippen LogP contribution in [0, 0.1) is 0 Å². The summed E-state index contributed by atoms with van der Waals surface area (Å²) in [7, 11) is 2.97. The number of amides is 2. The number of carbonyl (C=O) groups excluding carboxylic acids is 2. The zero-order valence-corrected chi connectivity index (χ0v) is 19.6. The normalized spacial score (nSPS) is 10.6. The summed E-state index contributed by atoms with van der Waals surface area (Å²) in [5.41, 5.74) is 0.380. The third-order valence-electron chi connectivity index (χ3n) is 5.15. The number of benzene rings is 3. The van der Waals surface area contributed by atoms with Gasteiger partial charge in [-0.1, -0.05) is 35.9 Å². The lowest BCUT2D eigenvalue weighted by Gasteiger charge is -2.14. The monoisotopic (exact) mass is 492 g/mol. The first-order valence-corrected chi connectivity index (χ1v) is 10.9. The van der Waals surface area contributed by atoms with Gasteiger partial charge in [-0.2, -0.15) is 9.78 Å². The minimum Gasteiger partial charge on any atom is -0.497 e. The van der Waals surface area contributed by atoms with Crippen LogP contribution in [0.3, 0.4) is 0 Å². The second kappa shape index (κ2) is 10.3. The Balaban J connectivity index is 1.67. The number of ether oxygens (including phenoxy) is 2. The third kappa shape index (κ3) is 5.10. The lowest BCUT2D eigenvalue weighted by Crippen LogP contribution is -2.35. The van der Waals surface area contributed by atoms with Gasteiger partial charge in [-0.25, -0.2) is 0 Å². The fourth-order valence-electron chi connectivity index (χ4n) is 3.50. The van der Waals surface area contributed by atoms with Crippen molar-refractivity contribution in [3.8, 4) is 17.2 Å². The summed E-state index contributed by atoms with van der Waals surface area (Å²) in [5.74, 6) is -0.205. The summed E-state index contributed by atoms with van der Waals surface area (Å²) in [6.07, 6.45) is 0. The number of nitrogens with one attached hydrogen (secondary N) is 2. The van der Waals surface area contributed by atoms with E-state index in [-0.39, 0.29) is 17.6 Å². The van der Waals surface area contributed by atoms with Gasteiger partial charge in [-0.15, -0.1) is 0 Å². The van der Waals surface area contributed by atoms with Crippen molar-refractivity contribution in [3.05, 3.63) is 87.8 Å². The molecular formula is C25H21ClN4O5. The van der Waals surface area contributed by atoms with Crippen LogP contribution in [-0.2, 0) is 4.79 Å². The molecule has 0 spiro atoms. The molecule has 0 atom stereocenters. The molecule has 2 amide bonds. The van der Waals surface area contributed by atoms with Crippen LogP contribution in [0.15, 0.2) is 71.5 Å². The second-order valence-electron chi connectivity index (χ2n) is 7.39. The molecule has 9 nitrogen and oxygen atoms in total. The Morgan fingerprint density at radius 2 is 1.74 bits per heavy atom. The van der Waals surface area contributed by atoms with Crippen molar-refractivity contribution in [1.29, 1.82) is 0 Å². The Morgan fingerprint density at radius 3 is 2.46 bits per heavy atom. The van der Waals surface area contributed by atoms with E-state index in [0.29, 0.717) is 33.3 Å². The van der Waals surface area contributed by atoms with Gasteiger partial charge < -0.3 is 20.1 Å². The Hall–Kier alpha value is -4.37. The lowest BCUT2D eigenvalue weighted by atomic mass is 10.1. The molecule has 178 valence electrons. The first-order chi connectivity index (χ1) is 16.9. The number of methoxy groups -OCH3 is 2. The zero-order valence-electron chi connectivity index (χ0n) is 18.9. The largest absolute Gasteiger partial charge is 0.497 e. The molecule has 0 saturated heterocycles. The van der Waals surface area contributed by atoms with Crippen LogP contribution in [-0.4, -0.2) is 42.4 Å². The van der Waals surface area contributed by atoms with Crippen molar-refractivity contribution in [2.24, 2.45) is 0 Å². The fourth-order valence-corrected chi connectivity index (χ4v) is 3.69. The van der Waals surface area contributed by atoms with E-state index in [1.54, 1.807) is 66.7 Å². The standard InChI is InChI=1S/C25H21ClN4O5/c1-34-17-10-11-20(21(13-17)35-2)30-25(33)19-9-4-3-8-18(19)23(29-30)24(32)27-14-22(31)28-16-7-5-6-15(26)12-16/h3-13H,14H2,1-2H3,(H,27,32)(H,28,31). The van der Waals surface area contributed by atoms with Crippen molar-refractivity contribution in [2.45, 2.75) is 0 Å². The molecule has 0 aliphatic carbocycles. The highest BCUT2D eigenvalue weighted by Crippen LogP contribution is 2.27. The van der Waals surface area contributed by atoms with Gasteiger partial charge in [-0.05, 0) is 36.4 Å². The van der Waals surface area contributed by atoms with E-state index in [4.69, 9.17) is 21.1 Å². The minimum atomic E-state index is -0.622. The molecule has 35 heavy (non-hydrogen) atoms. The average Bonchev–Trinajstić information content (AvgIpc) is 2.87. The van der Waals surface area contributed by atoms with Gasteiger partial charge in [0.1, 0.15) is 17.2 Å². The van der Waals surface area contributed by atoms with Gasteiger partial charge in [0.15, 0.2) is 5.69 Å². The zero-order chi connectivity index (χ0) is 24.9. The van der Waals surface area contributed by atoms with Gasteiger partial charge in [0.05, 0.1) is 26.2 Å². The Morgan fingerprint density at radius 1 is 0.971 bits per heavy atom. The molecule has 3 aromatic carbocycles. The number of anilines is 1. The maximum absolute atomic E-state index is 13.2. The molecule has 1 aromatic heterocycles. The van der Waals surface area contributed by atoms with Gasteiger partial charge >= 0.3 is 0 Å². The topological polar surface area (TPSA) is 112 Å². The molecule has 4 rings (SSSR count). The number of aromatic nitrogens is 2. The molecule has 0 aliphatic heterocycles. The molecule has 0 saturated carbocycles. The number of nitrogens with zero attached hydrogens (tertiary/aromatic N) is 2. The highest BCUT2D eigenvalue weighted by atomic mass is 35.5. The summed E-state index contributed by atoms with van der Waals surface area (Å²) in [4.78, 5) is 38.6.